The number of nitrogens with zero attached hydrogens (tertiary/aromatic N) is 1. The average molecular weight is 442 g/mol. The zero-order chi connectivity index (χ0) is 21.1. The van der Waals surface area contributed by atoms with Crippen molar-refractivity contribution in [3.8, 4) is 39.7 Å². The number of aromatic hydroxyl groups is 1. The number of hydrogen-bond acceptors (Lipinski definition) is 5. The second kappa shape index (κ2) is 8.69. The highest BCUT2D eigenvalue weighted by molar-refractivity contribution is 6.42. The van der Waals surface area contributed by atoms with Gasteiger partial charge in [-0.2, -0.15) is 0 Å². The van der Waals surface area contributed by atoms with Gasteiger partial charge in [0.25, 0.3) is 0 Å². The number of methoxy groups -OCH3 is 1. The molecular formula is C23H17Cl2NO4. The van der Waals surface area contributed by atoms with Crippen LogP contribution < -0.4 is 9.47 Å². The van der Waals surface area contributed by atoms with E-state index in [9.17, 15) is 5.11 Å². The van der Waals surface area contributed by atoms with Gasteiger partial charge in [0, 0.05) is 11.6 Å². The normalized spacial score (nSPS) is 10.8. The van der Waals surface area contributed by atoms with Crippen molar-refractivity contribution in [3.63, 3.8) is 0 Å². The minimum atomic E-state index is 0.00883. The first-order chi connectivity index (χ1) is 14.6. The van der Waals surface area contributed by atoms with Crippen molar-refractivity contribution >= 4 is 23.2 Å². The molecule has 0 amide bonds. The minimum absolute atomic E-state index is 0.00883. The molecule has 1 N–H and O–H groups in total. The molecule has 0 aliphatic heterocycles. The van der Waals surface area contributed by atoms with Gasteiger partial charge in [-0.1, -0.05) is 52.6 Å². The SMILES string of the molecule is COc1ccccc1-c1cnoc1-c1ccc(OCc2ccc(Cl)c(Cl)c2)cc1O. The molecule has 0 spiro atoms. The van der Waals surface area contributed by atoms with Gasteiger partial charge in [0.2, 0.25) is 0 Å². The van der Waals surface area contributed by atoms with E-state index in [1.165, 1.54) is 6.07 Å². The molecule has 0 fully saturated rings. The Hall–Kier alpha value is -3.15. The maximum atomic E-state index is 10.6. The lowest BCUT2D eigenvalue weighted by Crippen LogP contribution is -1.95. The summed E-state index contributed by atoms with van der Waals surface area (Å²) in [6.07, 6.45) is 1.60. The van der Waals surface area contributed by atoms with E-state index in [1.807, 2.05) is 30.3 Å². The van der Waals surface area contributed by atoms with Crippen LogP contribution in [0.3, 0.4) is 0 Å². The first kappa shape index (κ1) is 20.1. The summed E-state index contributed by atoms with van der Waals surface area (Å²) < 4.78 is 16.6. The Morgan fingerprint density at radius 1 is 0.933 bits per heavy atom. The minimum Gasteiger partial charge on any atom is -0.507 e. The number of aromatic nitrogens is 1. The maximum Gasteiger partial charge on any atom is 0.178 e. The number of rotatable bonds is 6. The molecule has 30 heavy (non-hydrogen) atoms. The van der Waals surface area contributed by atoms with Crippen LogP contribution in [0.2, 0.25) is 10.0 Å². The second-order valence-corrected chi connectivity index (χ2v) is 7.30. The van der Waals surface area contributed by atoms with Crippen LogP contribution in [0.25, 0.3) is 22.5 Å². The van der Waals surface area contributed by atoms with E-state index in [2.05, 4.69) is 5.16 Å². The topological polar surface area (TPSA) is 64.7 Å². The number of benzene rings is 3. The number of phenolic OH excluding ortho intramolecular Hbond substituents is 1. The number of phenols is 1. The molecule has 5 nitrogen and oxygen atoms in total. The molecule has 0 radical (unpaired) electrons. The molecule has 3 aromatic carbocycles. The smallest absolute Gasteiger partial charge is 0.178 e. The third kappa shape index (κ3) is 4.08. The van der Waals surface area contributed by atoms with Gasteiger partial charge < -0.3 is 19.1 Å². The third-order valence-corrected chi connectivity index (χ3v) is 5.31. The largest absolute Gasteiger partial charge is 0.507 e. The number of halogens is 2. The Balaban J connectivity index is 1.59. The number of para-hydroxylation sites is 1. The van der Waals surface area contributed by atoms with Gasteiger partial charge in [-0.05, 0) is 35.9 Å². The summed E-state index contributed by atoms with van der Waals surface area (Å²) in [5, 5.41) is 15.5. The van der Waals surface area contributed by atoms with Gasteiger partial charge in [0.05, 0.1) is 34.5 Å². The fraction of sp³-hybridized carbons (Fsp3) is 0.0870. The molecule has 0 unspecified atom stereocenters. The van der Waals surface area contributed by atoms with E-state index in [-0.39, 0.29) is 12.4 Å². The first-order valence-corrected chi connectivity index (χ1v) is 9.80. The Kier molecular flexibility index (Phi) is 5.84. The van der Waals surface area contributed by atoms with E-state index in [4.69, 9.17) is 37.2 Å². The third-order valence-electron chi connectivity index (χ3n) is 4.57. The molecule has 1 aromatic heterocycles. The fourth-order valence-corrected chi connectivity index (χ4v) is 3.40. The summed E-state index contributed by atoms with van der Waals surface area (Å²) in [5.41, 5.74) is 2.89. The molecule has 0 aliphatic carbocycles. The van der Waals surface area contributed by atoms with Crippen molar-refractivity contribution in [1.29, 1.82) is 0 Å². The lowest BCUT2D eigenvalue weighted by molar-refractivity contribution is 0.304. The van der Waals surface area contributed by atoms with Gasteiger partial charge in [-0.3, -0.25) is 0 Å². The zero-order valence-corrected chi connectivity index (χ0v) is 17.4. The van der Waals surface area contributed by atoms with Gasteiger partial charge in [0.15, 0.2) is 5.76 Å². The molecule has 0 saturated carbocycles. The Labute approximate surface area is 183 Å². The van der Waals surface area contributed by atoms with Gasteiger partial charge >= 0.3 is 0 Å². The molecule has 7 heteroatoms. The van der Waals surface area contributed by atoms with Gasteiger partial charge in [-0.25, -0.2) is 0 Å². The van der Waals surface area contributed by atoms with Crippen molar-refractivity contribution in [3.05, 3.63) is 82.5 Å². The number of ether oxygens (including phenoxy) is 2. The van der Waals surface area contributed by atoms with Crippen LogP contribution >= 0.6 is 23.2 Å². The molecule has 152 valence electrons. The van der Waals surface area contributed by atoms with Gasteiger partial charge in [0.1, 0.15) is 23.9 Å². The molecule has 0 atom stereocenters. The molecule has 4 rings (SSSR count). The van der Waals surface area contributed by atoms with Crippen molar-refractivity contribution in [2.24, 2.45) is 0 Å². The fourth-order valence-electron chi connectivity index (χ4n) is 3.08. The van der Waals surface area contributed by atoms with Crippen LogP contribution in [0, 0.1) is 0 Å². The summed E-state index contributed by atoms with van der Waals surface area (Å²) in [6.45, 7) is 0.282. The highest BCUT2D eigenvalue weighted by atomic mass is 35.5. The van der Waals surface area contributed by atoms with Crippen LogP contribution in [0.1, 0.15) is 5.56 Å². The lowest BCUT2D eigenvalue weighted by atomic mass is 10.0. The summed E-state index contributed by atoms with van der Waals surface area (Å²) >= 11 is 12.0. The van der Waals surface area contributed by atoms with Crippen LogP contribution in [0.5, 0.6) is 17.2 Å². The van der Waals surface area contributed by atoms with Crippen LogP contribution in [-0.4, -0.2) is 17.4 Å². The van der Waals surface area contributed by atoms with E-state index in [1.54, 1.807) is 37.6 Å². The summed E-state index contributed by atoms with van der Waals surface area (Å²) in [6, 6.07) is 17.8. The molecule has 0 bridgehead atoms. The van der Waals surface area contributed by atoms with E-state index in [0.717, 1.165) is 11.1 Å². The van der Waals surface area contributed by atoms with E-state index < -0.39 is 0 Å². The highest BCUT2D eigenvalue weighted by Crippen LogP contribution is 2.41. The predicted molar refractivity (Wildman–Crippen MR) is 116 cm³/mol. The van der Waals surface area contributed by atoms with E-state index >= 15 is 0 Å². The molecule has 0 aliphatic rings. The van der Waals surface area contributed by atoms with Crippen molar-refractivity contribution < 1.29 is 19.1 Å². The molecule has 0 saturated heterocycles. The zero-order valence-electron chi connectivity index (χ0n) is 15.9. The standard InChI is InChI=1S/C23H17Cl2NO4/c1-28-22-5-3-2-4-16(22)18-12-26-30-23(18)17-8-7-15(11-21(17)27)29-13-14-6-9-19(24)20(25)10-14/h2-12,27H,13H2,1H3. The lowest BCUT2D eigenvalue weighted by Gasteiger charge is -2.11. The van der Waals surface area contributed by atoms with Gasteiger partial charge in [-0.15, -0.1) is 0 Å². The second-order valence-electron chi connectivity index (χ2n) is 6.48. The average Bonchev–Trinajstić information content (AvgIpc) is 3.24. The first-order valence-electron chi connectivity index (χ1n) is 9.05. The Morgan fingerprint density at radius 3 is 2.53 bits per heavy atom. The Bertz CT molecular complexity index is 1190. The maximum absolute atomic E-state index is 10.6. The highest BCUT2D eigenvalue weighted by Gasteiger charge is 2.19. The predicted octanol–water partition coefficient (Wildman–Crippen LogP) is 6.61. The van der Waals surface area contributed by atoms with Crippen molar-refractivity contribution in [2.75, 3.05) is 7.11 Å². The van der Waals surface area contributed by atoms with Crippen molar-refractivity contribution in [2.45, 2.75) is 6.61 Å². The summed E-state index contributed by atoms with van der Waals surface area (Å²) in [7, 11) is 1.60. The monoisotopic (exact) mass is 441 g/mol. The summed E-state index contributed by atoms with van der Waals surface area (Å²) in [4.78, 5) is 0. The molecular weight excluding hydrogens is 425 g/mol. The van der Waals surface area contributed by atoms with Crippen LogP contribution in [-0.2, 0) is 6.61 Å². The molecule has 4 aromatic rings. The van der Waals surface area contributed by atoms with E-state index in [0.29, 0.717) is 38.4 Å². The van der Waals surface area contributed by atoms with Crippen molar-refractivity contribution in [1.82, 2.24) is 5.16 Å². The number of hydrogen-bond donors (Lipinski definition) is 1. The summed E-state index contributed by atoms with van der Waals surface area (Å²) in [5.74, 6) is 1.63. The van der Waals surface area contributed by atoms with Crippen LogP contribution in [0.4, 0.5) is 0 Å². The quantitative estimate of drug-likeness (QED) is 0.364. The van der Waals surface area contributed by atoms with Crippen LogP contribution in [0.15, 0.2) is 71.4 Å². The Morgan fingerprint density at radius 2 is 1.77 bits per heavy atom. The molecule has 1 heterocycles.